The van der Waals surface area contributed by atoms with Crippen LogP contribution in [0.25, 0.3) is 0 Å². The highest BCUT2D eigenvalue weighted by Crippen LogP contribution is 2.35. The fourth-order valence-corrected chi connectivity index (χ4v) is 3.03. The van der Waals surface area contributed by atoms with E-state index in [2.05, 4.69) is 45.4 Å². The van der Waals surface area contributed by atoms with Gasteiger partial charge >= 0.3 is 0 Å². The largest absolute Gasteiger partial charge is 1.00 e. The highest BCUT2D eigenvalue weighted by molar-refractivity contribution is 5.31. The van der Waals surface area contributed by atoms with Crippen LogP contribution >= 0.6 is 0 Å². The number of nitrogens with zero attached hydrogens (tertiary/aromatic N) is 1. The molecule has 1 aliphatic carbocycles. The molecule has 1 N–H and O–H groups in total. The summed E-state index contributed by atoms with van der Waals surface area (Å²) in [6.45, 7) is 1.03. The van der Waals surface area contributed by atoms with Crippen LogP contribution < -0.4 is 24.0 Å². The predicted octanol–water partition coefficient (Wildman–Crippen LogP) is -0.0847. The average Bonchev–Trinajstić information content (AvgIpc) is 2.29. The molecule has 0 saturated heterocycles. The topological polar surface area (TPSA) is 20.2 Å². The van der Waals surface area contributed by atoms with E-state index in [1.54, 1.807) is 0 Å². The smallest absolute Gasteiger partial charge is 0.104 e. The fraction of sp³-hybridized carbons (Fsp3) is 0.625. The molecule has 1 aromatic carbocycles. The second-order valence-corrected chi connectivity index (χ2v) is 6.61. The Bertz CT molecular complexity index is 400. The minimum Gasteiger partial charge on any atom is -1.00 e. The number of aliphatic hydroxyl groups is 1. The van der Waals surface area contributed by atoms with Gasteiger partial charge in [-0.2, -0.15) is 0 Å². The summed E-state index contributed by atoms with van der Waals surface area (Å²) in [6.07, 6.45) is 4.38. The molecule has 0 bridgehead atoms. The molecule has 1 aliphatic rings. The molecule has 0 heterocycles. The summed E-state index contributed by atoms with van der Waals surface area (Å²) in [7, 11) is 6.65. The zero-order valence-electron chi connectivity index (χ0n) is 12.3. The van der Waals surface area contributed by atoms with Gasteiger partial charge in [0.15, 0.2) is 0 Å². The molecule has 2 nitrogen and oxygen atoms in total. The lowest BCUT2D eigenvalue weighted by atomic mass is 9.80. The van der Waals surface area contributed by atoms with Gasteiger partial charge in [-0.1, -0.05) is 37.1 Å². The van der Waals surface area contributed by atoms with Gasteiger partial charge in [-0.3, -0.25) is 0 Å². The van der Waals surface area contributed by atoms with Crippen LogP contribution in [0, 0.1) is 0 Å². The van der Waals surface area contributed by atoms with E-state index >= 15 is 0 Å². The molecule has 0 amide bonds. The summed E-state index contributed by atoms with van der Waals surface area (Å²) in [5, 5.41) is 10.2. The van der Waals surface area contributed by atoms with Crippen LogP contribution in [-0.2, 0) is 6.54 Å². The van der Waals surface area contributed by atoms with Crippen LogP contribution in [0.4, 0.5) is 0 Å². The Kier molecular flexibility index (Phi) is 6.27. The first-order valence-electron chi connectivity index (χ1n) is 7.04. The van der Waals surface area contributed by atoms with Gasteiger partial charge in [-0.05, 0) is 18.4 Å². The molecule has 19 heavy (non-hydrogen) atoms. The fourth-order valence-electron chi connectivity index (χ4n) is 3.03. The standard InChI is InChI=1S/C16H26NO.HI/c1-17(2,3)12-13-8-4-5-9-14(13)15-10-6-7-11-16(15)18;/h4-5,8-9,15-16,18H,6-7,10-12H2,1-3H3;1H/q+1;/p-1. The SMILES string of the molecule is C[N+](C)(C)Cc1ccccc1C1CCCCC1O.[I-]. The van der Waals surface area contributed by atoms with Gasteiger partial charge in [0, 0.05) is 11.5 Å². The van der Waals surface area contributed by atoms with Crippen molar-refractivity contribution in [2.75, 3.05) is 21.1 Å². The molecule has 0 aromatic heterocycles. The summed E-state index contributed by atoms with van der Waals surface area (Å²) >= 11 is 0. The van der Waals surface area contributed by atoms with E-state index in [9.17, 15) is 5.11 Å². The summed E-state index contributed by atoms with van der Waals surface area (Å²) < 4.78 is 0.930. The molecule has 1 saturated carbocycles. The van der Waals surface area contributed by atoms with Crippen molar-refractivity contribution in [3.8, 4) is 0 Å². The second kappa shape index (κ2) is 7.04. The maximum atomic E-state index is 10.2. The zero-order valence-corrected chi connectivity index (χ0v) is 14.4. The van der Waals surface area contributed by atoms with Crippen molar-refractivity contribution in [3.05, 3.63) is 35.4 Å². The molecule has 2 unspecified atom stereocenters. The lowest BCUT2D eigenvalue weighted by molar-refractivity contribution is -0.884. The molecule has 0 spiro atoms. The van der Waals surface area contributed by atoms with Gasteiger partial charge in [-0.15, -0.1) is 0 Å². The van der Waals surface area contributed by atoms with E-state index in [4.69, 9.17) is 0 Å². The first-order valence-corrected chi connectivity index (χ1v) is 7.04. The maximum absolute atomic E-state index is 10.2. The van der Waals surface area contributed by atoms with E-state index in [1.165, 1.54) is 24.0 Å². The Labute approximate surface area is 134 Å². The summed E-state index contributed by atoms with van der Waals surface area (Å²) in [5.41, 5.74) is 2.77. The third-order valence-corrected chi connectivity index (χ3v) is 3.83. The highest BCUT2D eigenvalue weighted by atomic mass is 127. The van der Waals surface area contributed by atoms with Gasteiger partial charge in [-0.25, -0.2) is 0 Å². The molecule has 3 heteroatoms. The quantitative estimate of drug-likeness (QED) is 0.579. The third kappa shape index (κ3) is 4.72. The van der Waals surface area contributed by atoms with Crippen molar-refractivity contribution in [2.45, 2.75) is 44.2 Å². The lowest BCUT2D eigenvalue weighted by Crippen LogP contribution is -3.00. The Balaban J connectivity index is 0.00000180. The van der Waals surface area contributed by atoms with Gasteiger partial charge in [0.2, 0.25) is 0 Å². The number of halogens is 1. The van der Waals surface area contributed by atoms with Crippen LogP contribution in [0.15, 0.2) is 24.3 Å². The number of rotatable bonds is 3. The second-order valence-electron chi connectivity index (χ2n) is 6.61. The van der Waals surface area contributed by atoms with E-state index in [0.717, 1.165) is 23.9 Å². The minimum atomic E-state index is -0.146. The van der Waals surface area contributed by atoms with Crippen molar-refractivity contribution in [1.82, 2.24) is 0 Å². The molecule has 2 atom stereocenters. The number of benzene rings is 1. The first-order chi connectivity index (χ1) is 8.47. The zero-order chi connectivity index (χ0) is 13.2. The van der Waals surface area contributed by atoms with E-state index in [-0.39, 0.29) is 30.1 Å². The molecule has 1 aromatic rings. The van der Waals surface area contributed by atoms with Crippen molar-refractivity contribution >= 4 is 0 Å². The monoisotopic (exact) mass is 375 g/mol. The number of quaternary nitrogens is 1. The van der Waals surface area contributed by atoms with Gasteiger partial charge in [0.25, 0.3) is 0 Å². The highest BCUT2D eigenvalue weighted by Gasteiger charge is 2.27. The Morgan fingerprint density at radius 1 is 1.11 bits per heavy atom. The normalized spacial score (nSPS) is 23.8. The van der Waals surface area contributed by atoms with E-state index in [0.29, 0.717) is 5.92 Å². The molecule has 108 valence electrons. The summed E-state index contributed by atoms with van der Waals surface area (Å²) in [5.74, 6) is 0.349. The Morgan fingerprint density at radius 3 is 2.37 bits per heavy atom. The Hall–Kier alpha value is -0.130. The van der Waals surface area contributed by atoms with Gasteiger partial charge in [0.1, 0.15) is 6.54 Å². The van der Waals surface area contributed by atoms with Crippen LogP contribution in [0.3, 0.4) is 0 Å². The number of hydrogen-bond donors (Lipinski definition) is 1. The van der Waals surface area contributed by atoms with Crippen molar-refractivity contribution in [2.24, 2.45) is 0 Å². The number of aliphatic hydroxyl groups excluding tert-OH is 1. The van der Waals surface area contributed by atoms with Crippen LogP contribution in [0.1, 0.15) is 42.7 Å². The van der Waals surface area contributed by atoms with Crippen molar-refractivity contribution < 1.29 is 33.6 Å². The summed E-state index contributed by atoms with van der Waals surface area (Å²) in [6, 6.07) is 8.66. The number of hydrogen-bond acceptors (Lipinski definition) is 1. The molecule has 0 aliphatic heterocycles. The molecule has 0 radical (unpaired) electrons. The van der Waals surface area contributed by atoms with E-state index in [1.807, 2.05) is 0 Å². The lowest BCUT2D eigenvalue weighted by Gasteiger charge is -2.31. The third-order valence-electron chi connectivity index (χ3n) is 3.83. The van der Waals surface area contributed by atoms with Crippen LogP contribution in [-0.4, -0.2) is 36.8 Å². The summed E-state index contributed by atoms with van der Waals surface area (Å²) in [4.78, 5) is 0. The molecule has 1 fully saturated rings. The first kappa shape index (κ1) is 16.9. The van der Waals surface area contributed by atoms with E-state index < -0.39 is 0 Å². The van der Waals surface area contributed by atoms with Crippen molar-refractivity contribution in [1.29, 1.82) is 0 Å². The minimum absolute atomic E-state index is 0. The molecule has 2 rings (SSSR count). The van der Waals surface area contributed by atoms with Crippen LogP contribution in [0.2, 0.25) is 0 Å². The van der Waals surface area contributed by atoms with Crippen molar-refractivity contribution in [3.63, 3.8) is 0 Å². The maximum Gasteiger partial charge on any atom is 0.104 e. The average molecular weight is 375 g/mol. The van der Waals surface area contributed by atoms with Gasteiger partial charge in [0.05, 0.1) is 27.2 Å². The molecular formula is C16H26INO. The Morgan fingerprint density at radius 2 is 1.74 bits per heavy atom. The predicted molar refractivity (Wildman–Crippen MR) is 75.4 cm³/mol. The van der Waals surface area contributed by atoms with Gasteiger partial charge < -0.3 is 33.6 Å². The van der Waals surface area contributed by atoms with Crippen LogP contribution in [0.5, 0.6) is 0 Å². The molecular weight excluding hydrogens is 349 g/mol.